The molecule has 2 aromatic carbocycles. The summed E-state index contributed by atoms with van der Waals surface area (Å²) in [5, 5.41) is 2.78. The molecule has 0 bridgehead atoms. The smallest absolute Gasteiger partial charge is 0.261 e. The van der Waals surface area contributed by atoms with Gasteiger partial charge in [0.1, 0.15) is 0 Å². The predicted molar refractivity (Wildman–Crippen MR) is 109 cm³/mol. The van der Waals surface area contributed by atoms with Crippen molar-refractivity contribution in [2.75, 3.05) is 31.9 Å². The third-order valence-corrected chi connectivity index (χ3v) is 5.46. The van der Waals surface area contributed by atoms with E-state index in [1.54, 1.807) is 24.3 Å². The molecule has 7 heteroatoms. The van der Waals surface area contributed by atoms with Gasteiger partial charge >= 0.3 is 0 Å². The fourth-order valence-electron chi connectivity index (χ4n) is 2.45. The molecule has 1 amide bonds. The Morgan fingerprint density at radius 2 is 1.74 bits per heavy atom. The molecule has 0 aliphatic heterocycles. The summed E-state index contributed by atoms with van der Waals surface area (Å²) in [6.45, 7) is 5.35. The van der Waals surface area contributed by atoms with Crippen molar-refractivity contribution in [2.45, 2.75) is 24.7 Å². The number of carbonyl (C=O) groups excluding carboxylic acids is 1. The molecule has 0 saturated carbocycles. The molecule has 0 fully saturated rings. The van der Waals surface area contributed by atoms with E-state index in [0.717, 1.165) is 5.56 Å². The highest BCUT2D eigenvalue weighted by Gasteiger charge is 2.16. The Labute approximate surface area is 161 Å². The Morgan fingerprint density at radius 1 is 1.07 bits per heavy atom. The summed E-state index contributed by atoms with van der Waals surface area (Å²) in [4.78, 5) is 14.2. The molecule has 6 nitrogen and oxygen atoms in total. The Balaban J connectivity index is 2.12. The number of hydrogen-bond donors (Lipinski definition) is 2. The number of hydrogen-bond acceptors (Lipinski definition) is 4. The molecular weight excluding hydrogens is 362 g/mol. The standard InChI is InChI=1S/C20H27N3O3S/c1-15(2)16-8-10-18(11-9-16)22-27(25,26)19-7-5-6-17(14-19)20(24)21-12-13-23(3)4/h5-11,14-15,22H,12-13H2,1-4H3,(H,21,24). The van der Waals surface area contributed by atoms with Gasteiger partial charge in [-0.25, -0.2) is 8.42 Å². The van der Waals surface area contributed by atoms with Crippen LogP contribution >= 0.6 is 0 Å². The van der Waals surface area contributed by atoms with E-state index in [0.29, 0.717) is 30.3 Å². The second-order valence-corrected chi connectivity index (χ2v) is 8.65. The summed E-state index contributed by atoms with van der Waals surface area (Å²) in [7, 11) is 0.0562. The molecule has 0 unspecified atom stereocenters. The fraction of sp³-hybridized carbons (Fsp3) is 0.350. The topological polar surface area (TPSA) is 78.5 Å². The monoisotopic (exact) mass is 389 g/mol. The number of likely N-dealkylation sites (N-methyl/N-ethyl adjacent to an activating group) is 1. The predicted octanol–water partition coefficient (Wildman–Crippen LogP) is 2.90. The lowest BCUT2D eigenvalue weighted by molar-refractivity contribution is 0.0951. The van der Waals surface area contributed by atoms with Crippen molar-refractivity contribution in [3.8, 4) is 0 Å². The lowest BCUT2D eigenvalue weighted by atomic mass is 10.0. The van der Waals surface area contributed by atoms with Gasteiger partial charge < -0.3 is 10.2 Å². The van der Waals surface area contributed by atoms with E-state index < -0.39 is 10.0 Å². The molecule has 0 atom stereocenters. The molecule has 0 heterocycles. The molecule has 0 aliphatic rings. The van der Waals surface area contributed by atoms with Crippen LogP contribution in [-0.2, 0) is 10.0 Å². The average Bonchev–Trinajstić information content (AvgIpc) is 2.61. The highest BCUT2D eigenvalue weighted by molar-refractivity contribution is 7.92. The van der Waals surface area contributed by atoms with Crippen LogP contribution in [0.4, 0.5) is 5.69 Å². The first-order valence-corrected chi connectivity index (χ1v) is 10.3. The van der Waals surface area contributed by atoms with Crippen molar-refractivity contribution in [3.63, 3.8) is 0 Å². The summed E-state index contributed by atoms with van der Waals surface area (Å²) in [5.74, 6) is 0.0773. The summed E-state index contributed by atoms with van der Waals surface area (Å²) in [5.41, 5.74) is 1.93. The molecule has 2 N–H and O–H groups in total. The zero-order valence-corrected chi connectivity index (χ0v) is 17.0. The maximum absolute atomic E-state index is 12.6. The lowest BCUT2D eigenvalue weighted by Gasteiger charge is -2.12. The van der Waals surface area contributed by atoms with Gasteiger partial charge in [0, 0.05) is 24.3 Å². The number of amides is 1. The van der Waals surface area contributed by atoms with Crippen molar-refractivity contribution in [2.24, 2.45) is 0 Å². The van der Waals surface area contributed by atoms with Crippen molar-refractivity contribution < 1.29 is 13.2 Å². The van der Waals surface area contributed by atoms with Crippen LogP contribution < -0.4 is 10.0 Å². The van der Waals surface area contributed by atoms with Gasteiger partial charge in [-0.15, -0.1) is 0 Å². The Hall–Kier alpha value is -2.38. The van der Waals surface area contributed by atoms with Crippen LogP contribution in [0.25, 0.3) is 0 Å². The first-order valence-electron chi connectivity index (χ1n) is 8.85. The number of anilines is 1. The van der Waals surface area contributed by atoms with Gasteiger partial charge in [-0.1, -0.05) is 32.0 Å². The van der Waals surface area contributed by atoms with Crippen LogP contribution in [0, 0.1) is 0 Å². The second-order valence-electron chi connectivity index (χ2n) is 6.97. The van der Waals surface area contributed by atoms with E-state index >= 15 is 0 Å². The third kappa shape index (κ3) is 6.08. The molecule has 2 rings (SSSR count). The summed E-state index contributed by atoms with van der Waals surface area (Å²) >= 11 is 0. The average molecular weight is 390 g/mol. The van der Waals surface area contributed by atoms with Crippen molar-refractivity contribution in [1.82, 2.24) is 10.2 Å². The van der Waals surface area contributed by atoms with Crippen LogP contribution in [0.2, 0.25) is 0 Å². The Bertz CT molecular complexity index is 876. The maximum Gasteiger partial charge on any atom is 0.261 e. The SMILES string of the molecule is CC(C)c1ccc(NS(=O)(=O)c2cccc(C(=O)NCCN(C)C)c2)cc1. The lowest BCUT2D eigenvalue weighted by Crippen LogP contribution is -2.31. The number of nitrogens with one attached hydrogen (secondary N) is 2. The summed E-state index contributed by atoms with van der Waals surface area (Å²) in [6.07, 6.45) is 0. The van der Waals surface area contributed by atoms with Crippen LogP contribution in [0.5, 0.6) is 0 Å². The number of carbonyl (C=O) groups is 1. The Morgan fingerprint density at radius 3 is 2.33 bits per heavy atom. The van der Waals surface area contributed by atoms with Crippen LogP contribution in [0.3, 0.4) is 0 Å². The van der Waals surface area contributed by atoms with E-state index in [-0.39, 0.29) is 10.8 Å². The minimum absolute atomic E-state index is 0.0516. The van der Waals surface area contributed by atoms with Crippen molar-refractivity contribution in [3.05, 3.63) is 59.7 Å². The van der Waals surface area contributed by atoms with Gasteiger partial charge in [-0.2, -0.15) is 0 Å². The zero-order chi connectivity index (χ0) is 20.0. The van der Waals surface area contributed by atoms with Crippen LogP contribution in [-0.4, -0.2) is 46.4 Å². The fourth-order valence-corrected chi connectivity index (χ4v) is 3.55. The molecule has 146 valence electrons. The third-order valence-electron chi connectivity index (χ3n) is 4.08. The van der Waals surface area contributed by atoms with Gasteiger partial charge in [0.2, 0.25) is 0 Å². The molecule has 0 radical (unpaired) electrons. The Kier molecular flexibility index (Phi) is 6.98. The van der Waals surface area contributed by atoms with E-state index in [9.17, 15) is 13.2 Å². The minimum Gasteiger partial charge on any atom is -0.351 e. The first-order chi connectivity index (χ1) is 12.7. The molecule has 2 aromatic rings. The van der Waals surface area contributed by atoms with Gasteiger partial charge in [0.05, 0.1) is 4.90 Å². The van der Waals surface area contributed by atoms with Crippen molar-refractivity contribution >= 4 is 21.6 Å². The van der Waals surface area contributed by atoms with Gasteiger partial charge in [-0.3, -0.25) is 9.52 Å². The van der Waals surface area contributed by atoms with E-state index in [1.165, 1.54) is 12.1 Å². The van der Waals surface area contributed by atoms with E-state index in [4.69, 9.17) is 0 Å². The zero-order valence-electron chi connectivity index (χ0n) is 16.2. The normalized spacial score (nSPS) is 11.6. The molecular formula is C20H27N3O3S. The summed E-state index contributed by atoms with van der Waals surface area (Å²) < 4.78 is 27.9. The molecule has 0 spiro atoms. The number of sulfonamides is 1. The first kappa shape index (κ1) is 20.9. The van der Waals surface area contributed by atoms with Crippen LogP contribution in [0.15, 0.2) is 53.4 Å². The van der Waals surface area contributed by atoms with Gasteiger partial charge in [-0.05, 0) is 55.9 Å². The second kappa shape index (κ2) is 9.01. The van der Waals surface area contributed by atoms with Gasteiger partial charge in [0.25, 0.3) is 15.9 Å². The largest absolute Gasteiger partial charge is 0.351 e. The van der Waals surface area contributed by atoms with Crippen molar-refractivity contribution in [1.29, 1.82) is 0 Å². The molecule has 0 aromatic heterocycles. The molecule has 27 heavy (non-hydrogen) atoms. The van der Waals surface area contributed by atoms with Gasteiger partial charge in [0.15, 0.2) is 0 Å². The maximum atomic E-state index is 12.6. The number of nitrogens with zero attached hydrogens (tertiary/aromatic N) is 1. The van der Waals surface area contributed by atoms with Crippen LogP contribution in [0.1, 0.15) is 35.7 Å². The summed E-state index contributed by atoms with van der Waals surface area (Å²) in [6, 6.07) is 13.3. The number of benzene rings is 2. The molecule has 0 aliphatic carbocycles. The number of rotatable bonds is 8. The quantitative estimate of drug-likeness (QED) is 0.728. The van der Waals surface area contributed by atoms with E-state index in [2.05, 4.69) is 23.9 Å². The molecule has 0 saturated heterocycles. The highest BCUT2D eigenvalue weighted by Crippen LogP contribution is 2.20. The minimum atomic E-state index is -3.77. The van der Waals surface area contributed by atoms with E-state index in [1.807, 2.05) is 31.1 Å². The highest BCUT2D eigenvalue weighted by atomic mass is 32.2.